The largest absolute Gasteiger partial charge is 0.456 e. The summed E-state index contributed by atoms with van der Waals surface area (Å²) in [4.78, 5) is 24.8. The van der Waals surface area contributed by atoms with E-state index < -0.39 is 5.60 Å². The summed E-state index contributed by atoms with van der Waals surface area (Å²) in [5, 5.41) is 13.7. The van der Waals surface area contributed by atoms with Crippen molar-refractivity contribution < 1.29 is 19.4 Å². The molecule has 152 valence electrons. The second-order valence-corrected chi connectivity index (χ2v) is 9.84. The Balaban J connectivity index is 1.32. The van der Waals surface area contributed by atoms with E-state index in [1.807, 2.05) is 32.9 Å². The highest BCUT2D eigenvalue weighted by Gasteiger charge is 2.57. The lowest BCUT2D eigenvalue weighted by Gasteiger charge is -2.60. The molecule has 1 amide bonds. The number of amides is 1. The van der Waals surface area contributed by atoms with E-state index in [1.165, 1.54) is 6.42 Å². The Bertz CT molecular complexity index is 778. The maximum Gasteiger partial charge on any atom is 0.306 e. The second kappa shape index (κ2) is 6.87. The molecule has 4 aliphatic rings. The number of anilines is 1. The fourth-order valence-corrected chi connectivity index (χ4v) is 6.66. The number of nitrogens with one attached hydrogen (secondary N) is 1. The molecule has 0 saturated heterocycles. The number of hydrogen-bond acceptors (Lipinski definition) is 4. The predicted molar refractivity (Wildman–Crippen MR) is 107 cm³/mol. The van der Waals surface area contributed by atoms with E-state index in [4.69, 9.17) is 4.74 Å². The number of carbonyl (C=O) groups is 2. The van der Waals surface area contributed by atoms with Crippen molar-refractivity contribution in [2.24, 2.45) is 17.3 Å². The fourth-order valence-electron chi connectivity index (χ4n) is 6.66. The lowest BCUT2D eigenvalue weighted by Crippen LogP contribution is -2.56. The number of aliphatic hydroxyl groups is 1. The van der Waals surface area contributed by atoms with E-state index in [9.17, 15) is 14.7 Å². The van der Waals surface area contributed by atoms with Crippen molar-refractivity contribution in [1.29, 1.82) is 0 Å². The zero-order valence-corrected chi connectivity index (χ0v) is 17.1. The molecule has 4 aliphatic carbocycles. The Labute approximate surface area is 166 Å². The van der Waals surface area contributed by atoms with Crippen LogP contribution in [0, 0.1) is 38.0 Å². The molecule has 5 rings (SSSR count). The molecule has 0 heterocycles. The van der Waals surface area contributed by atoms with Gasteiger partial charge in [-0.05, 0) is 87.7 Å². The third-order valence-electron chi connectivity index (χ3n) is 6.98. The molecule has 2 N–H and O–H groups in total. The topological polar surface area (TPSA) is 75.6 Å². The van der Waals surface area contributed by atoms with Crippen LogP contribution in [-0.4, -0.2) is 29.2 Å². The van der Waals surface area contributed by atoms with Gasteiger partial charge in [0.15, 0.2) is 6.61 Å². The third kappa shape index (κ3) is 3.82. The van der Waals surface area contributed by atoms with Crippen LogP contribution in [0.5, 0.6) is 0 Å². The summed E-state index contributed by atoms with van der Waals surface area (Å²) >= 11 is 0. The summed E-state index contributed by atoms with van der Waals surface area (Å²) in [7, 11) is 0. The smallest absolute Gasteiger partial charge is 0.306 e. The molecule has 28 heavy (non-hydrogen) atoms. The van der Waals surface area contributed by atoms with Crippen LogP contribution in [0.25, 0.3) is 0 Å². The molecule has 1 aromatic carbocycles. The van der Waals surface area contributed by atoms with Crippen LogP contribution >= 0.6 is 0 Å². The monoisotopic (exact) mass is 385 g/mol. The maximum absolute atomic E-state index is 12.5. The summed E-state index contributed by atoms with van der Waals surface area (Å²) in [6, 6.07) is 4.04. The van der Waals surface area contributed by atoms with Crippen molar-refractivity contribution in [2.45, 2.75) is 71.3 Å². The van der Waals surface area contributed by atoms with Crippen molar-refractivity contribution in [3.8, 4) is 0 Å². The Morgan fingerprint density at radius 2 is 1.71 bits per heavy atom. The van der Waals surface area contributed by atoms with Gasteiger partial charge in [-0.2, -0.15) is 0 Å². The number of hydrogen-bond donors (Lipinski definition) is 2. The van der Waals surface area contributed by atoms with Gasteiger partial charge in [0.25, 0.3) is 5.91 Å². The van der Waals surface area contributed by atoms with Crippen molar-refractivity contribution in [3.63, 3.8) is 0 Å². The van der Waals surface area contributed by atoms with Crippen LogP contribution in [0.1, 0.15) is 61.6 Å². The highest BCUT2D eigenvalue weighted by Crippen LogP contribution is 2.62. The Hall–Kier alpha value is -1.88. The average Bonchev–Trinajstić information content (AvgIpc) is 2.53. The number of esters is 1. The normalized spacial score (nSPS) is 33.0. The van der Waals surface area contributed by atoms with Gasteiger partial charge in [-0.3, -0.25) is 9.59 Å². The number of benzene rings is 1. The van der Waals surface area contributed by atoms with E-state index >= 15 is 0 Å². The van der Waals surface area contributed by atoms with Crippen molar-refractivity contribution in [2.75, 3.05) is 11.9 Å². The van der Waals surface area contributed by atoms with Crippen LogP contribution in [0.15, 0.2) is 12.1 Å². The summed E-state index contributed by atoms with van der Waals surface area (Å²) in [6.45, 7) is 5.67. The summed E-state index contributed by atoms with van der Waals surface area (Å²) in [5.41, 5.74) is 3.23. The molecule has 5 nitrogen and oxygen atoms in total. The number of ether oxygens (including phenoxy) is 1. The van der Waals surface area contributed by atoms with Gasteiger partial charge in [0, 0.05) is 5.69 Å². The quantitative estimate of drug-likeness (QED) is 0.756. The van der Waals surface area contributed by atoms with Gasteiger partial charge < -0.3 is 15.2 Å². The van der Waals surface area contributed by atoms with Crippen molar-refractivity contribution in [3.05, 3.63) is 28.8 Å². The molecular weight excluding hydrogens is 354 g/mol. The van der Waals surface area contributed by atoms with Gasteiger partial charge in [0.05, 0.1) is 12.0 Å². The van der Waals surface area contributed by atoms with Crippen LogP contribution in [-0.2, 0) is 14.3 Å². The lowest BCUT2D eigenvalue weighted by atomic mass is 9.47. The van der Waals surface area contributed by atoms with Gasteiger partial charge >= 0.3 is 5.97 Å². The minimum atomic E-state index is -0.581. The minimum absolute atomic E-state index is 0.128. The molecule has 0 aliphatic heterocycles. The summed E-state index contributed by atoms with van der Waals surface area (Å²) < 4.78 is 5.32. The second-order valence-electron chi connectivity index (χ2n) is 9.84. The molecule has 1 aromatic rings. The number of carbonyl (C=O) groups excluding carboxylic acids is 2. The lowest BCUT2D eigenvalue weighted by molar-refractivity contribution is -0.177. The van der Waals surface area contributed by atoms with Gasteiger partial charge in [-0.25, -0.2) is 0 Å². The maximum atomic E-state index is 12.5. The van der Waals surface area contributed by atoms with Gasteiger partial charge in [0.2, 0.25) is 0 Å². The first-order valence-electron chi connectivity index (χ1n) is 10.4. The molecular formula is C23H31NO4. The Morgan fingerprint density at radius 3 is 2.29 bits per heavy atom. The molecule has 5 heteroatoms. The SMILES string of the molecule is Cc1cc(C)c(NC(=O)COC(=O)CC23C[C@@H]4C[C@@H](CC(O)(C4)C2)C3)c(C)c1. The standard InChI is InChI=1S/C23H31NO4/c1-14-4-15(2)21(16(3)5-14)24-19(25)12-28-20(26)11-22-7-17-6-18(8-22)10-23(27,9-17)13-22/h4-5,17-18,27H,6-13H2,1-3H3,(H,24,25)/t17-,18+,22?,23?. The minimum Gasteiger partial charge on any atom is -0.456 e. The molecule has 2 unspecified atom stereocenters. The zero-order chi connectivity index (χ0) is 20.1. The average molecular weight is 386 g/mol. The fraction of sp³-hybridized carbons (Fsp3) is 0.652. The van der Waals surface area contributed by atoms with E-state index in [0.717, 1.165) is 48.1 Å². The molecule has 0 radical (unpaired) electrons. The molecule has 0 spiro atoms. The van der Waals surface area contributed by atoms with E-state index in [0.29, 0.717) is 24.7 Å². The van der Waals surface area contributed by atoms with Crippen LogP contribution < -0.4 is 5.32 Å². The first-order chi connectivity index (χ1) is 13.2. The Kier molecular flexibility index (Phi) is 4.77. The third-order valence-corrected chi connectivity index (χ3v) is 6.98. The zero-order valence-electron chi connectivity index (χ0n) is 17.1. The molecule has 0 aromatic heterocycles. The van der Waals surface area contributed by atoms with E-state index in [2.05, 4.69) is 5.32 Å². The van der Waals surface area contributed by atoms with Gasteiger partial charge in [0.1, 0.15) is 0 Å². The molecule has 4 bridgehead atoms. The van der Waals surface area contributed by atoms with Crippen LogP contribution in [0.3, 0.4) is 0 Å². The number of rotatable bonds is 5. The summed E-state index contributed by atoms with van der Waals surface area (Å²) in [6.07, 6.45) is 6.00. The van der Waals surface area contributed by atoms with Crippen molar-refractivity contribution >= 4 is 17.6 Å². The van der Waals surface area contributed by atoms with E-state index in [1.54, 1.807) is 0 Å². The molecule has 4 fully saturated rings. The first kappa shape index (κ1) is 19.4. The highest BCUT2D eigenvalue weighted by atomic mass is 16.5. The Morgan fingerprint density at radius 1 is 1.11 bits per heavy atom. The highest BCUT2D eigenvalue weighted by molar-refractivity contribution is 5.94. The molecule has 4 saturated carbocycles. The van der Waals surface area contributed by atoms with E-state index in [-0.39, 0.29) is 23.9 Å². The number of aryl methyl sites for hydroxylation is 3. The van der Waals surface area contributed by atoms with Crippen LogP contribution in [0.2, 0.25) is 0 Å². The first-order valence-corrected chi connectivity index (χ1v) is 10.4. The summed E-state index contributed by atoms with van der Waals surface area (Å²) in [5.74, 6) is 0.440. The van der Waals surface area contributed by atoms with Gasteiger partial charge in [-0.1, -0.05) is 17.7 Å². The van der Waals surface area contributed by atoms with Crippen molar-refractivity contribution in [1.82, 2.24) is 0 Å². The van der Waals surface area contributed by atoms with Crippen LogP contribution in [0.4, 0.5) is 5.69 Å². The van der Waals surface area contributed by atoms with Gasteiger partial charge in [-0.15, -0.1) is 0 Å². The molecule has 4 atom stereocenters. The predicted octanol–water partition coefficient (Wildman–Crippen LogP) is 3.81.